The van der Waals surface area contributed by atoms with Gasteiger partial charge in [-0.25, -0.2) is 0 Å². The van der Waals surface area contributed by atoms with Crippen molar-refractivity contribution in [3.63, 3.8) is 0 Å². The first-order valence-electron chi connectivity index (χ1n) is 10.7. The molecule has 4 aromatic rings. The average Bonchev–Trinajstić information content (AvgIpc) is 2.86. The number of pyridine rings is 1. The lowest BCUT2D eigenvalue weighted by Gasteiger charge is -2.12. The molecule has 3 aromatic carbocycles. The minimum absolute atomic E-state index is 0.366. The zero-order valence-corrected chi connectivity index (χ0v) is 19.1. The largest absolute Gasteiger partial charge is 0.496 e. The zero-order chi connectivity index (χ0) is 24.1. The summed E-state index contributed by atoms with van der Waals surface area (Å²) in [6.45, 7) is 3.73. The number of hydrazine groups is 1. The van der Waals surface area contributed by atoms with Crippen molar-refractivity contribution in [2.24, 2.45) is 0 Å². The molecule has 6 nitrogen and oxygen atoms in total. The van der Waals surface area contributed by atoms with Gasteiger partial charge in [0.2, 0.25) is 0 Å². The smallest absolute Gasteiger partial charge is 0.273 e. The summed E-state index contributed by atoms with van der Waals surface area (Å²) in [6.07, 6.45) is 1.73. The van der Waals surface area contributed by atoms with E-state index in [9.17, 15) is 9.59 Å². The van der Waals surface area contributed by atoms with Crippen LogP contribution < -0.4 is 15.6 Å². The number of benzene rings is 3. The molecule has 2 N–H and O–H groups in total. The number of aryl methyl sites for hydroxylation is 2. The molecular formula is C28H23N3O3. The number of carbonyl (C=O) groups excluding carboxylic acids is 2. The third-order valence-corrected chi connectivity index (χ3v) is 5.40. The van der Waals surface area contributed by atoms with E-state index in [0.29, 0.717) is 22.4 Å². The molecule has 0 aliphatic carbocycles. The minimum atomic E-state index is -0.459. The monoisotopic (exact) mass is 449 g/mol. The molecule has 1 heterocycles. The van der Waals surface area contributed by atoms with Crippen molar-refractivity contribution in [2.75, 3.05) is 7.11 Å². The quantitative estimate of drug-likeness (QED) is 0.360. The third kappa shape index (κ3) is 4.89. The van der Waals surface area contributed by atoms with E-state index in [2.05, 4.69) is 27.7 Å². The molecule has 0 saturated carbocycles. The Balaban J connectivity index is 1.50. The second-order valence-corrected chi connectivity index (χ2v) is 7.76. The summed E-state index contributed by atoms with van der Waals surface area (Å²) in [4.78, 5) is 29.7. The number of aromatic nitrogens is 1. The number of carbonyl (C=O) groups is 2. The minimum Gasteiger partial charge on any atom is -0.496 e. The first-order chi connectivity index (χ1) is 16.5. The van der Waals surface area contributed by atoms with Crippen LogP contribution in [0.5, 0.6) is 5.75 Å². The Morgan fingerprint density at radius 1 is 0.853 bits per heavy atom. The number of amides is 2. The molecular weight excluding hydrogens is 426 g/mol. The summed E-state index contributed by atoms with van der Waals surface area (Å²) >= 11 is 0. The van der Waals surface area contributed by atoms with Crippen LogP contribution in [0.3, 0.4) is 0 Å². The maximum absolute atomic E-state index is 12.7. The van der Waals surface area contributed by atoms with Crippen molar-refractivity contribution in [2.45, 2.75) is 13.8 Å². The second-order valence-electron chi connectivity index (χ2n) is 7.76. The highest BCUT2D eigenvalue weighted by Crippen LogP contribution is 2.21. The standard InChI is InChI=1S/C28H23N3O3/c1-18-11-13-23(27(32)30-31-28(33)26-19(2)7-6-10-25(26)34-3)16-21(18)14-12-20-15-22-8-4-5-9-24(22)29-17-20/h4-11,13,15-17H,1-3H3,(H,30,32)(H,31,33). The molecule has 0 aliphatic heterocycles. The van der Waals surface area contributed by atoms with Gasteiger partial charge in [0.25, 0.3) is 11.8 Å². The van der Waals surface area contributed by atoms with E-state index in [0.717, 1.165) is 27.6 Å². The van der Waals surface area contributed by atoms with E-state index in [-0.39, 0.29) is 0 Å². The van der Waals surface area contributed by atoms with Gasteiger partial charge in [0.1, 0.15) is 5.75 Å². The number of hydrogen-bond donors (Lipinski definition) is 2. The number of nitrogens with one attached hydrogen (secondary N) is 2. The molecule has 0 saturated heterocycles. The molecule has 6 heteroatoms. The number of methoxy groups -OCH3 is 1. The number of para-hydroxylation sites is 1. The van der Waals surface area contributed by atoms with E-state index in [1.54, 1.807) is 43.5 Å². The highest BCUT2D eigenvalue weighted by molar-refractivity contribution is 6.01. The fourth-order valence-corrected chi connectivity index (χ4v) is 3.53. The molecule has 2 amide bonds. The zero-order valence-electron chi connectivity index (χ0n) is 19.1. The molecule has 0 unspecified atom stereocenters. The van der Waals surface area contributed by atoms with Gasteiger partial charge in [-0.05, 0) is 55.3 Å². The molecule has 4 rings (SSSR count). The van der Waals surface area contributed by atoms with E-state index in [4.69, 9.17) is 4.74 Å². The number of nitrogens with zero attached hydrogens (tertiary/aromatic N) is 1. The fraction of sp³-hybridized carbons (Fsp3) is 0.107. The van der Waals surface area contributed by atoms with Crippen molar-refractivity contribution in [1.29, 1.82) is 0 Å². The normalized spacial score (nSPS) is 10.2. The Labute approximate surface area is 198 Å². The van der Waals surface area contributed by atoms with Gasteiger partial charge < -0.3 is 4.74 Å². The molecule has 1 aromatic heterocycles. The summed E-state index contributed by atoms with van der Waals surface area (Å²) in [6, 6.07) is 20.3. The van der Waals surface area contributed by atoms with Gasteiger partial charge >= 0.3 is 0 Å². The number of hydrogen-bond acceptors (Lipinski definition) is 4. The Kier molecular flexibility index (Phi) is 6.56. The summed E-state index contributed by atoms with van der Waals surface area (Å²) < 4.78 is 5.26. The molecule has 0 aliphatic rings. The van der Waals surface area contributed by atoms with E-state index < -0.39 is 11.8 Å². The average molecular weight is 450 g/mol. The van der Waals surface area contributed by atoms with Crippen LogP contribution in [0.1, 0.15) is 43.0 Å². The lowest BCUT2D eigenvalue weighted by atomic mass is 10.0. The SMILES string of the molecule is COc1cccc(C)c1C(=O)NNC(=O)c1ccc(C)c(C#Cc2cnc3ccccc3c2)c1. The molecule has 0 bridgehead atoms. The van der Waals surface area contributed by atoms with Crippen LogP contribution in [0.2, 0.25) is 0 Å². The highest BCUT2D eigenvalue weighted by atomic mass is 16.5. The molecule has 34 heavy (non-hydrogen) atoms. The summed E-state index contributed by atoms with van der Waals surface area (Å²) in [5, 5.41) is 1.01. The van der Waals surface area contributed by atoms with Crippen LogP contribution in [0.4, 0.5) is 0 Å². The Hall–Kier alpha value is -4.63. The van der Waals surface area contributed by atoms with E-state index in [1.165, 1.54) is 7.11 Å². The Morgan fingerprint density at radius 2 is 1.65 bits per heavy atom. The lowest BCUT2D eigenvalue weighted by Crippen LogP contribution is -2.42. The Morgan fingerprint density at radius 3 is 2.47 bits per heavy atom. The van der Waals surface area contributed by atoms with Gasteiger partial charge in [-0.1, -0.05) is 48.2 Å². The molecule has 0 spiro atoms. The summed E-state index contributed by atoms with van der Waals surface area (Å²) in [7, 11) is 1.49. The van der Waals surface area contributed by atoms with Crippen LogP contribution in [-0.4, -0.2) is 23.9 Å². The fourth-order valence-electron chi connectivity index (χ4n) is 3.53. The first-order valence-corrected chi connectivity index (χ1v) is 10.7. The summed E-state index contributed by atoms with van der Waals surface area (Å²) in [5.41, 5.74) is 9.75. The maximum Gasteiger partial charge on any atom is 0.273 e. The van der Waals surface area contributed by atoms with Gasteiger partial charge in [0, 0.05) is 28.3 Å². The molecule has 0 atom stereocenters. The van der Waals surface area contributed by atoms with Crippen molar-refractivity contribution in [1.82, 2.24) is 15.8 Å². The van der Waals surface area contributed by atoms with Crippen LogP contribution >= 0.6 is 0 Å². The van der Waals surface area contributed by atoms with Crippen LogP contribution in [0.25, 0.3) is 10.9 Å². The van der Waals surface area contributed by atoms with E-state index in [1.807, 2.05) is 43.3 Å². The first kappa shape index (κ1) is 22.6. The Bertz CT molecular complexity index is 1460. The van der Waals surface area contributed by atoms with Crippen LogP contribution in [0, 0.1) is 25.7 Å². The van der Waals surface area contributed by atoms with Gasteiger partial charge in [-0.2, -0.15) is 0 Å². The predicted molar refractivity (Wildman–Crippen MR) is 132 cm³/mol. The van der Waals surface area contributed by atoms with E-state index >= 15 is 0 Å². The van der Waals surface area contributed by atoms with Gasteiger partial charge in [-0.15, -0.1) is 0 Å². The van der Waals surface area contributed by atoms with Crippen molar-refractivity contribution in [3.05, 3.63) is 106 Å². The summed E-state index contributed by atoms with van der Waals surface area (Å²) in [5.74, 6) is 5.78. The number of fused-ring (bicyclic) bond motifs is 1. The van der Waals surface area contributed by atoms with Gasteiger partial charge in [0.15, 0.2) is 0 Å². The third-order valence-electron chi connectivity index (χ3n) is 5.40. The number of rotatable bonds is 3. The molecule has 0 fully saturated rings. The topological polar surface area (TPSA) is 80.3 Å². The second kappa shape index (κ2) is 9.88. The van der Waals surface area contributed by atoms with Crippen molar-refractivity contribution in [3.8, 4) is 17.6 Å². The van der Waals surface area contributed by atoms with Crippen LogP contribution in [-0.2, 0) is 0 Å². The molecule has 168 valence electrons. The van der Waals surface area contributed by atoms with Crippen LogP contribution in [0.15, 0.2) is 72.9 Å². The van der Waals surface area contributed by atoms with Crippen molar-refractivity contribution >= 4 is 22.7 Å². The van der Waals surface area contributed by atoms with Gasteiger partial charge in [-0.3, -0.25) is 25.4 Å². The predicted octanol–water partition coefficient (Wildman–Crippen LogP) is 4.33. The maximum atomic E-state index is 12.7. The number of ether oxygens (including phenoxy) is 1. The lowest BCUT2D eigenvalue weighted by molar-refractivity contribution is 0.0844. The molecule has 0 radical (unpaired) electrons. The highest BCUT2D eigenvalue weighted by Gasteiger charge is 2.16. The van der Waals surface area contributed by atoms with Gasteiger partial charge in [0.05, 0.1) is 18.2 Å². The van der Waals surface area contributed by atoms with Crippen molar-refractivity contribution < 1.29 is 14.3 Å².